The number of hydrogen-bond acceptors (Lipinski definition) is 4. The third-order valence-corrected chi connectivity index (χ3v) is 5.29. The Kier molecular flexibility index (Phi) is 5.45. The summed E-state index contributed by atoms with van der Waals surface area (Å²) in [5.41, 5.74) is 0. The van der Waals surface area contributed by atoms with E-state index >= 15 is 0 Å². The number of halogens is 4. The Balaban J connectivity index is 1.86. The van der Waals surface area contributed by atoms with Crippen LogP contribution in [-0.4, -0.2) is 48.8 Å². The fourth-order valence-electron chi connectivity index (χ4n) is 2.23. The van der Waals surface area contributed by atoms with Gasteiger partial charge in [-0.25, -0.2) is 12.7 Å². The molecule has 0 amide bonds. The molecule has 1 aliphatic rings. The molecular formula is C13H16F4N2O3S. The van der Waals surface area contributed by atoms with Crippen molar-refractivity contribution in [3.63, 3.8) is 0 Å². The molecule has 0 atom stereocenters. The fraction of sp³-hybridized carbons (Fsp3) is 0.615. The van der Waals surface area contributed by atoms with Crippen LogP contribution in [0.1, 0.15) is 19.3 Å². The lowest BCUT2D eigenvalue weighted by atomic mass is 10.1. The molecule has 2 rings (SSSR count). The molecule has 23 heavy (non-hydrogen) atoms. The molecule has 1 fully saturated rings. The van der Waals surface area contributed by atoms with E-state index in [4.69, 9.17) is 4.74 Å². The Bertz CT molecular complexity index is 628. The second-order valence-electron chi connectivity index (χ2n) is 5.20. The van der Waals surface area contributed by atoms with Crippen LogP contribution < -0.4 is 4.74 Å². The van der Waals surface area contributed by atoms with E-state index in [0.29, 0.717) is 12.8 Å². The van der Waals surface area contributed by atoms with Crippen molar-refractivity contribution in [2.24, 2.45) is 0 Å². The number of alkyl halides is 3. The first-order valence-corrected chi connectivity index (χ1v) is 8.60. The SMILES string of the molecule is O=S(=O)(CCC(F)(F)F)N1CCC(Oc2cccc(F)n2)CC1. The number of ether oxygens (including phenoxy) is 1. The predicted molar refractivity (Wildman–Crippen MR) is 73.9 cm³/mol. The summed E-state index contributed by atoms with van der Waals surface area (Å²) >= 11 is 0. The quantitative estimate of drug-likeness (QED) is 0.600. The van der Waals surface area contributed by atoms with Crippen LogP contribution in [0.25, 0.3) is 0 Å². The van der Waals surface area contributed by atoms with E-state index in [2.05, 4.69) is 4.98 Å². The summed E-state index contributed by atoms with van der Waals surface area (Å²) in [5.74, 6) is -1.54. The molecule has 0 unspecified atom stereocenters. The smallest absolute Gasteiger partial charge is 0.390 e. The summed E-state index contributed by atoms with van der Waals surface area (Å²) in [6.45, 7) is 0.139. The van der Waals surface area contributed by atoms with Gasteiger partial charge in [0.25, 0.3) is 0 Å². The maximum atomic E-state index is 13.0. The molecule has 0 spiro atoms. The van der Waals surface area contributed by atoms with Gasteiger partial charge in [0, 0.05) is 19.2 Å². The van der Waals surface area contributed by atoms with Crippen molar-refractivity contribution in [3.8, 4) is 5.88 Å². The molecule has 1 aromatic heterocycles. The molecular weight excluding hydrogens is 340 g/mol. The van der Waals surface area contributed by atoms with E-state index in [1.54, 1.807) is 0 Å². The van der Waals surface area contributed by atoms with Crippen molar-refractivity contribution in [3.05, 3.63) is 24.1 Å². The van der Waals surface area contributed by atoms with Crippen molar-refractivity contribution >= 4 is 10.0 Å². The Labute approximate surface area is 131 Å². The summed E-state index contributed by atoms with van der Waals surface area (Å²) in [4.78, 5) is 3.55. The molecule has 0 radical (unpaired) electrons. The number of hydrogen-bond donors (Lipinski definition) is 0. The van der Waals surface area contributed by atoms with Gasteiger partial charge >= 0.3 is 6.18 Å². The molecule has 1 saturated heterocycles. The first-order chi connectivity index (χ1) is 10.7. The van der Waals surface area contributed by atoms with E-state index in [-0.39, 0.29) is 25.1 Å². The van der Waals surface area contributed by atoms with Crippen LogP contribution in [0.2, 0.25) is 0 Å². The Morgan fingerprint density at radius 3 is 2.48 bits per heavy atom. The average molecular weight is 356 g/mol. The minimum Gasteiger partial charge on any atom is -0.474 e. The van der Waals surface area contributed by atoms with Gasteiger partial charge in [-0.1, -0.05) is 6.07 Å². The highest BCUT2D eigenvalue weighted by Gasteiger charge is 2.34. The fourth-order valence-corrected chi connectivity index (χ4v) is 3.74. The summed E-state index contributed by atoms with van der Waals surface area (Å²) in [6, 6.07) is 4.09. The molecule has 2 heterocycles. The summed E-state index contributed by atoms with van der Waals surface area (Å²) in [6.07, 6.45) is -5.60. The van der Waals surface area contributed by atoms with Crippen molar-refractivity contribution in [2.45, 2.75) is 31.5 Å². The van der Waals surface area contributed by atoms with Crippen molar-refractivity contribution in [1.29, 1.82) is 0 Å². The molecule has 0 aromatic carbocycles. The number of piperidine rings is 1. The minimum atomic E-state index is -4.50. The number of nitrogens with zero attached hydrogens (tertiary/aromatic N) is 2. The molecule has 10 heteroatoms. The number of sulfonamides is 1. The van der Waals surface area contributed by atoms with Crippen LogP contribution in [0.3, 0.4) is 0 Å². The molecule has 1 aromatic rings. The van der Waals surface area contributed by atoms with Crippen molar-refractivity contribution < 1.29 is 30.7 Å². The first kappa shape index (κ1) is 17.9. The van der Waals surface area contributed by atoms with Crippen LogP contribution in [-0.2, 0) is 10.0 Å². The highest BCUT2D eigenvalue weighted by Crippen LogP contribution is 2.23. The molecule has 5 nitrogen and oxygen atoms in total. The lowest BCUT2D eigenvalue weighted by molar-refractivity contribution is -0.130. The minimum absolute atomic E-state index is 0.0696. The van der Waals surface area contributed by atoms with E-state index in [0.717, 1.165) is 4.31 Å². The van der Waals surface area contributed by atoms with Gasteiger partial charge in [-0.05, 0) is 18.9 Å². The normalized spacial score (nSPS) is 18.1. The molecule has 1 aliphatic heterocycles. The van der Waals surface area contributed by atoms with Gasteiger partial charge in [-0.2, -0.15) is 22.5 Å². The zero-order valence-electron chi connectivity index (χ0n) is 12.1. The Morgan fingerprint density at radius 1 is 1.26 bits per heavy atom. The summed E-state index contributed by atoms with van der Waals surface area (Å²) in [7, 11) is -3.94. The maximum Gasteiger partial charge on any atom is 0.390 e. The second-order valence-corrected chi connectivity index (χ2v) is 7.28. The van der Waals surface area contributed by atoms with Crippen molar-refractivity contribution in [2.75, 3.05) is 18.8 Å². The standard InChI is InChI=1S/C13H16F4N2O3S/c14-11-2-1-3-12(18-11)22-10-4-7-19(8-5-10)23(20,21)9-6-13(15,16)17/h1-3,10H,4-9H2. The van der Waals surface area contributed by atoms with Crippen molar-refractivity contribution in [1.82, 2.24) is 9.29 Å². The van der Waals surface area contributed by atoms with E-state index < -0.39 is 34.3 Å². The van der Waals surface area contributed by atoms with Crippen LogP contribution in [0.4, 0.5) is 17.6 Å². The van der Waals surface area contributed by atoms with Crippen LogP contribution in [0.15, 0.2) is 18.2 Å². The van der Waals surface area contributed by atoms with Gasteiger partial charge in [0.15, 0.2) is 0 Å². The maximum absolute atomic E-state index is 13.0. The van der Waals surface area contributed by atoms with Gasteiger partial charge in [0.2, 0.25) is 21.9 Å². The number of pyridine rings is 1. The van der Waals surface area contributed by atoms with E-state index in [9.17, 15) is 26.0 Å². The average Bonchev–Trinajstić information content (AvgIpc) is 2.45. The van der Waals surface area contributed by atoms with Crippen LogP contribution in [0.5, 0.6) is 5.88 Å². The Hall–Kier alpha value is -1.42. The summed E-state index contributed by atoms with van der Waals surface area (Å²) < 4.78 is 79.6. The zero-order chi connectivity index (χ0) is 17.1. The van der Waals surface area contributed by atoms with E-state index in [1.807, 2.05) is 0 Å². The third-order valence-electron chi connectivity index (χ3n) is 3.41. The largest absolute Gasteiger partial charge is 0.474 e. The lowest BCUT2D eigenvalue weighted by Crippen LogP contribution is -2.43. The van der Waals surface area contributed by atoms with E-state index in [1.165, 1.54) is 18.2 Å². The topological polar surface area (TPSA) is 59.5 Å². The molecule has 0 N–H and O–H groups in total. The molecule has 0 saturated carbocycles. The highest BCUT2D eigenvalue weighted by molar-refractivity contribution is 7.89. The lowest BCUT2D eigenvalue weighted by Gasteiger charge is -2.31. The molecule has 130 valence electrons. The third kappa shape index (κ3) is 5.61. The first-order valence-electron chi connectivity index (χ1n) is 6.99. The van der Waals surface area contributed by atoms with Gasteiger partial charge < -0.3 is 4.74 Å². The molecule has 0 bridgehead atoms. The number of rotatable bonds is 5. The number of aromatic nitrogens is 1. The van der Waals surface area contributed by atoms with Gasteiger partial charge in [-0.3, -0.25) is 0 Å². The predicted octanol–water partition coefficient (Wildman–Crippen LogP) is 2.35. The summed E-state index contributed by atoms with van der Waals surface area (Å²) in [5, 5.41) is 0. The molecule has 0 aliphatic carbocycles. The second kappa shape index (κ2) is 7.00. The zero-order valence-corrected chi connectivity index (χ0v) is 12.9. The Morgan fingerprint density at radius 2 is 1.91 bits per heavy atom. The van der Waals surface area contributed by atoms with Gasteiger partial charge in [-0.15, -0.1) is 0 Å². The highest BCUT2D eigenvalue weighted by atomic mass is 32.2. The van der Waals surface area contributed by atoms with Gasteiger partial charge in [0.05, 0.1) is 12.2 Å². The monoisotopic (exact) mass is 356 g/mol. The van der Waals surface area contributed by atoms with Gasteiger partial charge in [0.1, 0.15) is 6.10 Å². The van der Waals surface area contributed by atoms with Crippen LogP contribution >= 0.6 is 0 Å². The van der Waals surface area contributed by atoms with Crippen LogP contribution in [0, 0.1) is 5.95 Å².